The molecule has 25 heavy (non-hydrogen) atoms. The quantitative estimate of drug-likeness (QED) is 0.753. The highest BCUT2D eigenvalue weighted by molar-refractivity contribution is 6.38. The Labute approximate surface area is 154 Å². The molecule has 2 heterocycles. The Morgan fingerprint density at radius 1 is 1.00 bits per heavy atom. The number of fused-ring (bicyclic) bond motifs is 1. The molecule has 5 nitrogen and oxygen atoms in total. The Morgan fingerprint density at radius 2 is 1.72 bits per heavy atom. The highest BCUT2D eigenvalue weighted by Crippen LogP contribution is 2.45. The van der Waals surface area contributed by atoms with E-state index in [1.165, 1.54) is 6.07 Å². The van der Waals surface area contributed by atoms with Gasteiger partial charge in [0.1, 0.15) is 0 Å². The van der Waals surface area contributed by atoms with Gasteiger partial charge in [-0.25, -0.2) is 4.90 Å². The predicted octanol–water partition coefficient (Wildman–Crippen LogP) is 3.47. The largest absolute Gasteiger partial charge is 0.284 e. The number of halogens is 2. The molecule has 0 spiro atoms. The maximum atomic E-state index is 13.1. The van der Waals surface area contributed by atoms with Gasteiger partial charge in [-0.2, -0.15) is 5.06 Å². The Hall–Kier alpha value is -1.92. The Balaban J connectivity index is 1.74. The summed E-state index contributed by atoms with van der Waals surface area (Å²) in [6.07, 6.45) is -0.852. The lowest BCUT2D eigenvalue weighted by molar-refractivity contribution is -0.160. The second-order valence-electron chi connectivity index (χ2n) is 6.06. The van der Waals surface area contributed by atoms with Crippen LogP contribution in [0.3, 0.4) is 0 Å². The van der Waals surface area contributed by atoms with Crippen molar-refractivity contribution in [1.29, 1.82) is 0 Å². The van der Waals surface area contributed by atoms with E-state index in [-0.39, 0.29) is 17.0 Å². The van der Waals surface area contributed by atoms with Crippen molar-refractivity contribution >= 4 is 40.7 Å². The molecule has 0 aromatic heterocycles. The third-order valence-electron chi connectivity index (χ3n) is 4.60. The minimum Gasteiger partial charge on any atom is -0.284 e. The molecule has 2 aromatic rings. The van der Waals surface area contributed by atoms with Crippen LogP contribution in [-0.4, -0.2) is 30.0 Å². The third kappa shape index (κ3) is 2.55. The van der Waals surface area contributed by atoms with Crippen LogP contribution in [0.4, 0.5) is 5.69 Å². The van der Waals surface area contributed by atoms with Gasteiger partial charge < -0.3 is 0 Å². The van der Waals surface area contributed by atoms with Crippen molar-refractivity contribution in [1.82, 2.24) is 5.06 Å². The van der Waals surface area contributed by atoms with E-state index < -0.39 is 17.9 Å². The molecule has 2 saturated heterocycles. The summed E-state index contributed by atoms with van der Waals surface area (Å²) in [5, 5.41) is 2.27. The third-order valence-corrected chi connectivity index (χ3v) is 5.14. The topological polar surface area (TPSA) is 49.9 Å². The number of amides is 2. The number of benzene rings is 2. The molecule has 2 aliphatic rings. The number of rotatable bonds is 2. The van der Waals surface area contributed by atoms with Gasteiger partial charge >= 0.3 is 0 Å². The fourth-order valence-electron chi connectivity index (χ4n) is 3.52. The summed E-state index contributed by atoms with van der Waals surface area (Å²) in [6.45, 7) is 0. The summed E-state index contributed by atoms with van der Waals surface area (Å²) in [5.74, 6) is -1.35. The summed E-state index contributed by atoms with van der Waals surface area (Å²) in [6, 6.07) is 13.9. The maximum absolute atomic E-state index is 13.1. The van der Waals surface area contributed by atoms with Gasteiger partial charge in [-0.15, -0.1) is 0 Å². The minimum atomic E-state index is -0.852. The van der Waals surface area contributed by atoms with Gasteiger partial charge in [-0.05, 0) is 23.8 Å². The number of carbonyl (C=O) groups is 2. The van der Waals surface area contributed by atoms with Gasteiger partial charge in [0.05, 0.1) is 22.7 Å². The zero-order valence-corrected chi connectivity index (χ0v) is 14.7. The molecule has 2 amide bonds. The van der Waals surface area contributed by atoms with Crippen LogP contribution >= 0.6 is 23.2 Å². The molecule has 0 bridgehead atoms. The van der Waals surface area contributed by atoms with Crippen molar-refractivity contribution in [3.63, 3.8) is 0 Å². The van der Waals surface area contributed by atoms with Crippen LogP contribution in [0.25, 0.3) is 0 Å². The van der Waals surface area contributed by atoms with Crippen LogP contribution < -0.4 is 4.90 Å². The molecule has 0 unspecified atom stereocenters. The average Bonchev–Trinajstić information content (AvgIpc) is 3.04. The molecule has 2 aromatic carbocycles. The van der Waals surface area contributed by atoms with Crippen molar-refractivity contribution in [2.75, 3.05) is 11.9 Å². The van der Waals surface area contributed by atoms with Crippen molar-refractivity contribution < 1.29 is 14.4 Å². The standard InChI is InChI=1S/C18H14Cl2N2O3/c1-21-15(10-5-3-2-4-6-10)14-16(25-21)18(24)22(17(14)23)13-8-7-11(19)9-12(13)20/h2-9,14-16H,1H3/t14-,15-,16+/m1/s1. The van der Waals surface area contributed by atoms with E-state index in [1.54, 1.807) is 24.2 Å². The summed E-state index contributed by atoms with van der Waals surface area (Å²) in [4.78, 5) is 32.7. The summed E-state index contributed by atoms with van der Waals surface area (Å²) in [7, 11) is 1.73. The number of anilines is 1. The smallest absolute Gasteiger partial charge is 0.266 e. The lowest BCUT2D eigenvalue weighted by Gasteiger charge is -2.24. The Morgan fingerprint density at radius 3 is 2.40 bits per heavy atom. The summed E-state index contributed by atoms with van der Waals surface area (Å²) < 4.78 is 0. The molecule has 3 atom stereocenters. The fourth-order valence-corrected chi connectivity index (χ4v) is 4.01. The number of hydroxylamine groups is 2. The lowest BCUT2D eigenvalue weighted by atomic mass is 9.91. The van der Waals surface area contributed by atoms with Gasteiger partial charge in [0, 0.05) is 12.1 Å². The number of nitrogens with zero attached hydrogens (tertiary/aromatic N) is 2. The molecule has 0 N–H and O–H groups in total. The van der Waals surface area contributed by atoms with Gasteiger partial charge in [-0.1, -0.05) is 53.5 Å². The van der Waals surface area contributed by atoms with Gasteiger partial charge in [0.25, 0.3) is 5.91 Å². The SMILES string of the molecule is CN1O[C@@H]2C(=O)N(c3ccc(Cl)cc3Cl)C(=O)[C@@H]2[C@H]1c1ccccc1. The molecule has 0 radical (unpaired) electrons. The molecule has 0 saturated carbocycles. The van der Waals surface area contributed by atoms with E-state index in [2.05, 4.69) is 0 Å². The van der Waals surface area contributed by atoms with E-state index >= 15 is 0 Å². The molecule has 128 valence electrons. The van der Waals surface area contributed by atoms with E-state index in [1.807, 2.05) is 30.3 Å². The van der Waals surface area contributed by atoms with E-state index in [4.69, 9.17) is 28.0 Å². The molecular weight excluding hydrogens is 363 g/mol. The predicted molar refractivity (Wildman–Crippen MR) is 94.3 cm³/mol. The molecule has 2 fully saturated rings. The number of hydrogen-bond donors (Lipinski definition) is 0. The average molecular weight is 377 g/mol. The number of carbonyl (C=O) groups excluding carboxylic acids is 2. The first-order valence-electron chi connectivity index (χ1n) is 7.76. The Kier molecular flexibility index (Phi) is 4.04. The van der Waals surface area contributed by atoms with Crippen molar-refractivity contribution in [2.24, 2.45) is 5.92 Å². The van der Waals surface area contributed by atoms with Crippen molar-refractivity contribution in [3.8, 4) is 0 Å². The monoisotopic (exact) mass is 376 g/mol. The molecule has 4 rings (SSSR count). The zero-order chi connectivity index (χ0) is 17.7. The Bertz CT molecular complexity index is 859. The van der Waals surface area contributed by atoms with Gasteiger partial charge in [-0.3, -0.25) is 14.4 Å². The van der Waals surface area contributed by atoms with E-state index in [9.17, 15) is 9.59 Å². The second-order valence-corrected chi connectivity index (χ2v) is 6.90. The maximum Gasteiger partial charge on any atom is 0.266 e. The van der Waals surface area contributed by atoms with Crippen LogP contribution in [0.1, 0.15) is 11.6 Å². The van der Waals surface area contributed by atoms with Crippen LogP contribution in [0, 0.1) is 5.92 Å². The van der Waals surface area contributed by atoms with Gasteiger partial charge in [0.2, 0.25) is 5.91 Å². The van der Waals surface area contributed by atoms with E-state index in [0.29, 0.717) is 10.7 Å². The summed E-state index contributed by atoms with van der Waals surface area (Å²) >= 11 is 12.1. The zero-order valence-electron chi connectivity index (χ0n) is 13.2. The summed E-state index contributed by atoms with van der Waals surface area (Å²) in [5.41, 5.74) is 1.25. The first-order valence-corrected chi connectivity index (χ1v) is 8.52. The van der Waals surface area contributed by atoms with Crippen LogP contribution in [0.5, 0.6) is 0 Å². The van der Waals surface area contributed by atoms with Crippen molar-refractivity contribution in [3.05, 3.63) is 64.1 Å². The molecule has 2 aliphatic heterocycles. The molecular formula is C18H14Cl2N2O3. The first kappa shape index (κ1) is 16.5. The minimum absolute atomic E-state index is 0.249. The van der Waals surface area contributed by atoms with E-state index in [0.717, 1.165) is 10.5 Å². The van der Waals surface area contributed by atoms with Crippen LogP contribution in [0.15, 0.2) is 48.5 Å². The van der Waals surface area contributed by atoms with Crippen molar-refractivity contribution in [2.45, 2.75) is 12.1 Å². The highest BCUT2D eigenvalue weighted by Gasteiger charge is 2.59. The molecule has 7 heteroatoms. The highest BCUT2D eigenvalue weighted by atomic mass is 35.5. The fraction of sp³-hybridized carbons (Fsp3) is 0.222. The van der Waals surface area contributed by atoms with Crippen LogP contribution in [0.2, 0.25) is 10.0 Å². The molecule has 0 aliphatic carbocycles. The first-order chi connectivity index (χ1) is 12.0. The second kappa shape index (κ2) is 6.11. The number of hydrogen-bond acceptors (Lipinski definition) is 4. The normalized spacial score (nSPS) is 26.4. The van der Waals surface area contributed by atoms with Crippen LogP contribution in [-0.2, 0) is 14.4 Å². The van der Waals surface area contributed by atoms with Gasteiger partial charge in [0.15, 0.2) is 6.10 Å². The lowest BCUT2D eigenvalue weighted by Crippen LogP contribution is -2.36. The number of imide groups is 1.